The van der Waals surface area contributed by atoms with Crippen LogP contribution in [0, 0.1) is 17.8 Å². The van der Waals surface area contributed by atoms with E-state index in [2.05, 4.69) is 20.8 Å². The molecule has 2 rings (SSSR count). The van der Waals surface area contributed by atoms with Gasteiger partial charge in [0.05, 0.1) is 12.2 Å². The average molecular weight is 140 g/mol. The summed E-state index contributed by atoms with van der Waals surface area (Å²) in [5.74, 6) is 2.54. The second-order valence-corrected chi connectivity index (χ2v) is 4.27. The SMILES string of the molecule is CC1COC2(C)CC2C1C. The molecule has 1 saturated carbocycles. The lowest BCUT2D eigenvalue weighted by molar-refractivity contribution is -0.0394. The van der Waals surface area contributed by atoms with E-state index in [-0.39, 0.29) is 0 Å². The molecule has 4 unspecified atom stereocenters. The zero-order chi connectivity index (χ0) is 7.35. The van der Waals surface area contributed by atoms with Crippen LogP contribution >= 0.6 is 0 Å². The lowest BCUT2D eigenvalue weighted by Gasteiger charge is -2.29. The van der Waals surface area contributed by atoms with E-state index in [9.17, 15) is 0 Å². The Kier molecular flexibility index (Phi) is 1.17. The van der Waals surface area contributed by atoms with Crippen LogP contribution in [-0.2, 0) is 4.74 Å². The summed E-state index contributed by atoms with van der Waals surface area (Å²) in [5.41, 5.74) is 0.298. The van der Waals surface area contributed by atoms with Crippen molar-refractivity contribution in [1.29, 1.82) is 0 Å². The molecule has 2 fully saturated rings. The van der Waals surface area contributed by atoms with Gasteiger partial charge in [-0.25, -0.2) is 0 Å². The van der Waals surface area contributed by atoms with Gasteiger partial charge in [0, 0.05) is 0 Å². The second-order valence-electron chi connectivity index (χ2n) is 4.27. The molecule has 0 N–H and O–H groups in total. The Morgan fingerprint density at radius 2 is 2.10 bits per heavy atom. The molecule has 1 aliphatic carbocycles. The highest BCUT2D eigenvalue weighted by molar-refractivity contribution is 5.07. The Morgan fingerprint density at radius 3 is 2.70 bits per heavy atom. The molecule has 0 amide bonds. The Bertz CT molecular complexity index is 155. The molecule has 0 aromatic heterocycles. The summed E-state index contributed by atoms with van der Waals surface area (Å²) in [4.78, 5) is 0. The van der Waals surface area contributed by atoms with Crippen LogP contribution in [0.15, 0.2) is 0 Å². The molecule has 1 aliphatic heterocycles. The van der Waals surface area contributed by atoms with E-state index in [4.69, 9.17) is 4.74 Å². The van der Waals surface area contributed by atoms with E-state index in [0.29, 0.717) is 5.60 Å². The lowest BCUT2D eigenvalue weighted by Crippen LogP contribution is -2.30. The van der Waals surface area contributed by atoms with E-state index in [1.165, 1.54) is 6.42 Å². The van der Waals surface area contributed by atoms with Crippen molar-refractivity contribution >= 4 is 0 Å². The van der Waals surface area contributed by atoms with Crippen molar-refractivity contribution in [2.24, 2.45) is 17.8 Å². The van der Waals surface area contributed by atoms with Gasteiger partial charge in [0.2, 0.25) is 0 Å². The third-order valence-corrected chi connectivity index (χ3v) is 3.46. The third kappa shape index (κ3) is 0.731. The molecular weight excluding hydrogens is 124 g/mol. The van der Waals surface area contributed by atoms with E-state index in [1.54, 1.807) is 0 Å². The van der Waals surface area contributed by atoms with Crippen molar-refractivity contribution < 1.29 is 4.74 Å². The first-order valence-corrected chi connectivity index (χ1v) is 4.27. The number of rotatable bonds is 0. The normalized spacial score (nSPS) is 59.7. The van der Waals surface area contributed by atoms with Gasteiger partial charge in [0.1, 0.15) is 0 Å². The van der Waals surface area contributed by atoms with Crippen molar-refractivity contribution in [2.75, 3.05) is 6.61 Å². The fraction of sp³-hybridized carbons (Fsp3) is 1.00. The van der Waals surface area contributed by atoms with Gasteiger partial charge < -0.3 is 4.74 Å². The van der Waals surface area contributed by atoms with Crippen LogP contribution in [0.5, 0.6) is 0 Å². The molecule has 4 atom stereocenters. The van der Waals surface area contributed by atoms with Crippen LogP contribution in [0.25, 0.3) is 0 Å². The molecule has 1 saturated heterocycles. The number of hydrogen-bond acceptors (Lipinski definition) is 1. The van der Waals surface area contributed by atoms with Crippen molar-refractivity contribution in [1.82, 2.24) is 0 Å². The van der Waals surface area contributed by atoms with Gasteiger partial charge in [0.25, 0.3) is 0 Å². The zero-order valence-corrected chi connectivity index (χ0v) is 7.05. The van der Waals surface area contributed by atoms with Crippen LogP contribution in [0.3, 0.4) is 0 Å². The molecule has 0 aromatic rings. The summed E-state index contributed by atoms with van der Waals surface area (Å²) < 4.78 is 5.72. The molecule has 0 radical (unpaired) electrons. The fourth-order valence-electron chi connectivity index (χ4n) is 2.16. The van der Waals surface area contributed by atoms with Crippen molar-refractivity contribution in [3.63, 3.8) is 0 Å². The lowest BCUT2D eigenvalue weighted by atomic mass is 9.88. The maximum absolute atomic E-state index is 5.72. The maximum atomic E-state index is 5.72. The van der Waals surface area contributed by atoms with Gasteiger partial charge in [-0.3, -0.25) is 0 Å². The van der Waals surface area contributed by atoms with Gasteiger partial charge in [-0.05, 0) is 31.1 Å². The molecule has 1 nitrogen and oxygen atoms in total. The van der Waals surface area contributed by atoms with Crippen molar-refractivity contribution in [3.8, 4) is 0 Å². The predicted molar refractivity (Wildman–Crippen MR) is 40.8 cm³/mol. The van der Waals surface area contributed by atoms with Crippen LogP contribution in [0.4, 0.5) is 0 Å². The summed E-state index contributed by atoms with van der Waals surface area (Å²) in [6.45, 7) is 7.89. The van der Waals surface area contributed by atoms with E-state index >= 15 is 0 Å². The van der Waals surface area contributed by atoms with Gasteiger partial charge in [-0.15, -0.1) is 0 Å². The molecule has 10 heavy (non-hydrogen) atoms. The Morgan fingerprint density at radius 1 is 1.40 bits per heavy atom. The van der Waals surface area contributed by atoms with Gasteiger partial charge in [-0.2, -0.15) is 0 Å². The minimum atomic E-state index is 0.298. The van der Waals surface area contributed by atoms with E-state index in [1.807, 2.05) is 0 Å². The Labute approximate surface area is 62.8 Å². The monoisotopic (exact) mass is 140 g/mol. The molecular formula is C9H16O. The van der Waals surface area contributed by atoms with Crippen LogP contribution in [0.1, 0.15) is 27.2 Å². The standard InChI is InChI=1S/C9H16O/c1-6-5-10-9(3)4-8(9)7(6)2/h6-8H,4-5H2,1-3H3. The molecule has 58 valence electrons. The smallest absolute Gasteiger partial charge is 0.0690 e. The highest BCUT2D eigenvalue weighted by Crippen LogP contribution is 2.56. The second kappa shape index (κ2) is 1.76. The summed E-state index contributed by atoms with van der Waals surface area (Å²) >= 11 is 0. The summed E-state index contributed by atoms with van der Waals surface area (Å²) in [6.07, 6.45) is 1.30. The summed E-state index contributed by atoms with van der Waals surface area (Å²) in [7, 11) is 0. The quantitative estimate of drug-likeness (QED) is 0.500. The van der Waals surface area contributed by atoms with Crippen molar-refractivity contribution in [2.45, 2.75) is 32.8 Å². The topological polar surface area (TPSA) is 9.23 Å². The molecule has 0 spiro atoms. The van der Waals surface area contributed by atoms with E-state index < -0.39 is 0 Å². The fourth-order valence-corrected chi connectivity index (χ4v) is 2.16. The Hall–Kier alpha value is -0.0400. The summed E-state index contributed by atoms with van der Waals surface area (Å²) in [6, 6.07) is 0. The predicted octanol–water partition coefficient (Wildman–Crippen LogP) is 2.07. The van der Waals surface area contributed by atoms with Gasteiger partial charge in [-0.1, -0.05) is 13.8 Å². The van der Waals surface area contributed by atoms with Crippen LogP contribution in [-0.4, -0.2) is 12.2 Å². The minimum absolute atomic E-state index is 0.298. The number of fused-ring (bicyclic) bond motifs is 1. The third-order valence-electron chi connectivity index (χ3n) is 3.46. The van der Waals surface area contributed by atoms with Crippen LogP contribution in [0.2, 0.25) is 0 Å². The molecule has 1 heteroatoms. The largest absolute Gasteiger partial charge is 0.375 e. The number of hydrogen-bond donors (Lipinski definition) is 0. The summed E-state index contributed by atoms with van der Waals surface area (Å²) in [5, 5.41) is 0. The van der Waals surface area contributed by atoms with Gasteiger partial charge >= 0.3 is 0 Å². The average Bonchev–Trinajstić information content (AvgIpc) is 2.56. The molecule has 0 bridgehead atoms. The van der Waals surface area contributed by atoms with Crippen LogP contribution < -0.4 is 0 Å². The van der Waals surface area contributed by atoms with Crippen molar-refractivity contribution in [3.05, 3.63) is 0 Å². The minimum Gasteiger partial charge on any atom is -0.375 e. The molecule has 0 aromatic carbocycles. The van der Waals surface area contributed by atoms with Gasteiger partial charge in [0.15, 0.2) is 0 Å². The maximum Gasteiger partial charge on any atom is 0.0690 e. The van der Waals surface area contributed by atoms with E-state index in [0.717, 1.165) is 24.4 Å². The first-order valence-electron chi connectivity index (χ1n) is 4.27. The first-order chi connectivity index (χ1) is 4.63. The zero-order valence-electron chi connectivity index (χ0n) is 7.05. The highest BCUT2D eigenvalue weighted by Gasteiger charge is 2.57. The first kappa shape index (κ1) is 6.66. The Balaban J connectivity index is 2.09. The molecule has 1 heterocycles. The number of ether oxygens (including phenoxy) is 1. The highest BCUT2D eigenvalue weighted by atomic mass is 16.5. The molecule has 2 aliphatic rings.